The molecule has 0 aliphatic heterocycles. The van der Waals surface area contributed by atoms with E-state index in [0.717, 1.165) is 0 Å². The number of urea groups is 1. The molecule has 6 nitrogen and oxygen atoms in total. The van der Waals surface area contributed by atoms with Crippen LogP contribution in [-0.4, -0.2) is 31.6 Å². The average Bonchev–Trinajstić information content (AvgIpc) is 2.42. The molecule has 0 heterocycles. The molecule has 0 spiro atoms. The van der Waals surface area contributed by atoms with Gasteiger partial charge in [-0.1, -0.05) is 6.07 Å². The van der Waals surface area contributed by atoms with Crippen LogP contribution in [0.1, 0.15) is 12.5 Å². The van der Waals surface area contributed by atoms with E-state index >= 15 is 0 Å². The summed E-state index contributed by atoms with van der Waals surface area (Å²) in [6.07, 6.45) is 0. The lowest BCUT2D eigenvalue weighted by Gasteiger charge is -2.18. The molecule has 0 saturated heterocycles. The molecule has 1 aromatic rings. The molecule has 0 aromatic heterocycles. The van der Waals surface area contributed by atoms with Crippen LogP contribution in [0.4, 0.5) is 19.3 Å². The molecule has 0 bridgehead atoms. The van der Waals surface area contributed by atoms with Crippen molar-refractivity contribution in [3.63, 3.8) is 0 Å². The third-order valence-electron chi connectivity index (χ3n) is 2.73. The van der Waals surface area contributed by atoms with E-state index in [2.05, 4.69) is 20.7 Å². The molecule has 0 aliphatic carbocycles. The molecule has 0 radical (unpaired) electrons. The standard InChI is InChI=1S/C13H17F2N3O3/c1-7-9(5-4-6-10(7)21-12(14)15)17-8(2)11(19)18-13(20)16-3/h4-6,8,12,17H,1-3H3,(H2,16,18,19,20). The number of hydrogen-bond acceptors (Lipinski definition) is 4. The van der Waals surface area contributed by atoms with E-state index in [1.54, 1.807) is 19.9 Å². The molecular weight excluding hydrogens is 284 g/mol. The van der Waals surface area contributed by atoms with Gasteiger partial charge in [0.15, 0.2) is 0 Å². The number of alkyl halides is 2. The maximum atomic E-state index is 12.3. The second-order valence-corrected chi connectivity index (χ2v) is 4.24. The van der Waals surface area contributed by atoms with Gasteiger partial charge in [-0.25, -0.2) is 4.79 Å². The van der Waals surface area contributed by atoms with Crippen molar-refractivity contribution in [2.75, 3.05) is 12.4 Å². The zero-order valence-corrected chi connectivity index (χ0v) is 11.9. The van der Waals surface area contributed by atoms with Crippen molar-refractivity contribution in [1.82, 2.24) is 10.6 Å². The van der Waals surface area contributed by atoms with E-state index in [0.29, 0.717) is 11.3 Å². The normalized spacial score (nSPS) is 11.7. The lowest BCUT2D eigenvalue weighted by Crippen LogP contribution is -2.44. The van der Waals surface area contributed by atoms with Crippen molar-refractivity contribution in [2.24, 2.45) is 0 Å². The highest BCUT2D eigenvalue weighted by Gasteiger charge is 2.17. The van der Waals surface area contributed by atoms with Crippen LogP contribution in [0.25, 0.3) is 0 Å². The Balaban J connectivity index is 2.78. The summed E-state index contributed by atoms with van der Waals surface area (Å²) in [7, 11) is 1.38. The number of imide groups is 1. The molecular formula is C13H17F2N3O3. The highest BCUT2D eigenvalue weighted by atomic mass is 19.3. The molecule has 0 fully saturated rings. The van der Waals surface area contributed by atoms with Gasteiger partial charge in [-0.2, -0.15) is 8.78 Å². The van der Waals surface area contributed by atoms with Crippen LogP contribution in [0.5, 0.6) is 5.75 Å². The summed E-state index contributed by atoms with van der Waals surface area (Å²) in [6, 6.07) is 3.19. The summed E-state index contributed by atoms with van der Waals surface area (Å²) < 4.78 is 28.9. The number of carbonyl (C=O) groups is 2. The topological polar surface area (TPSA) is 79.5 Å². The van der Waals surface area contributed by atoms with Crippen molar-refractivity contribution in [1.29, 1.82) is 0 Å². The molecule has 116 valence electrons. The summed E-state index contributed by atoms with van der Waals surface area (Å²) in [5, 5.41) is 7.20. The predicted octanol–water partition coefficient (Wildman–Crippen LogP) is 1.85. The number of carbonyl (C=O) groups excluding carboxylic acids is 2. The molecule has 3 amide bonds. The summed E-state index contributed by atoms with van der Waals surface area (Å²) >= 11 is 0. The van der Waals surface area contributed by atoms with Crippen LogP contribution in [0.3, 0.4) is 0 Å². The van der Waals surface area contributed by atoms with E-state index in [4.69, 9.17) is 0 Å². The van der Waals surface area contributed by atoms with Gasteiger partial charge in [0.25, 0.3) is 0 Å². The van der Waals surface area contributed by atoms with Crippen LogP contribution in [-0.2, 0) is 4.79 Å². The first-order valence-corrected chi connectivity index (χ1v) is 6.18. The first-order chi connectivity index (χ1) is 9.85. The van der Waals surface area contributed by atoms with Gasteiger partial charge in [-0.05, 0) is 26.0 Å². The quantitative estimate of drug-likeness (QED) is 0.775. The van der Waals surface area contributed by atoms with E-state index in [9.17, 15) is 18.4 Å². The minimum atomic E-state index is -2.92. The van der Waals surface area contributed by atoms with E-state index in [1.807, 2.05) is 0 Å². The van der Waals surface area contributed by atoms with Gasteiger partial charge in [-0.3, -0.25) is 10.1 Å². The molecule has 3 N–H and O–H groups in total. The Labute approximate surface area is 120 Å². The zero-order chi connectivity index (χ0) is 16.0. The second kappa shape index (κ2) is 7.41. The minimum absolute atomic E-state index is 0.0221. The first kappa shape index (κ1) is 16.7. The predicted molar refractivity (Wildman–Crippen MR) is 73.5 cm³/mol. The Bertz CT molecular complexity index is 523. The molecule has 1 unspecified atom stereocenters. The number of rotatable bonds is 5. The lowest BCUT2D eigenvalue weighted by molar-refractivity contribution is -0.120. The lowest BCUT2D eigenvalue weighted by atomic mass is 10.1. The van der Waals surface area contributed by atoms with Crippen molar-refractivity contribution in [3.8, 4) is 5.75 Å². The number of benzene rings is 1. The van der Waals surface area contributed by atoms with Gasteiger partial charge >= 0.3 is 12.6 Å². The molecule has 1 atom stereocenters. The van der Waals surface area contributed by atoms with Gasteiger partial charge in [0.2, 0.25) is 5.91 Å². The Kier molecular flexibility index (Phi) is 5.89. The highest BCUT2D eigenvalue weighted by Crippen LogP contribution is 2.27. The maximum absolute atomic E-state index is 12.3. The van der Waals surface area contributed by atoms with Crippen LogP contribution in [0.2, 0.25) is 0 Å². The van der Waals surface area contributed by atoms with Crippen molar-refractivity contribution >= 4 is 17.6 Å². The Morgan fingerprint density at radius 1 is 1.29 bits per heavy atom. The van der Waals surface area contributed by atoms with E-state index in [1.165, 1.54) is 19.2 Å². The Morgan fingerprint density at radius 2 is 1.95 bits per heavy atom. The number of anilines is 1. The number of amides is 3. The third kappa shape index (κ3) is 4.90. The molecule has 1 aromatic carbocycles. The SMILES string of the molecule is CNC(=O)NC(=O)C(C)Nc1cccc(OC(F)F)c1C. The Hall–Kier alpha value is -2.38. The fourth-order valence-corrected chi connectivity index (χ4v) is 1.58. The van der Waals surface area contributed by atoms with Gasteiger partial charge in [0, 0.05) is 18.3 Å². The van der Waals surface area contributed by atoms with Crippen LogP contribution in [0, 0.1) is 6.92 Å². The van der Waals surface area contributed by atoms with Crippen molar-refractivity contribution in [3.05, 3.63) is 23.8 Å². The Morgan fingerprint density at radius 3 is 2.52 bits per heavy atom. The number of hydrogen-bond donors (Lipinski definition) is 3. The number of ether oxygens (including phenoxy) is 1. The van der Waals surface area contributed by atoms with Gasteiger partial charge in [0.1, 0.15) is 11.8 Å². The van der Waals surface area contributed by atoms with Crippen molar-refractivity contribution < 1.29 is 23.1 Å². The van der Waals surface area contributed by atoms with Gasteiger partial charge in [0.05, 0.1) is 0 Å². The largest absolute Gasteiger partial charge is 0.434 e. The first-order valence-electron chi connectivity index (χ1n) is 6.18. The zero-order valence-electron chi connectivity index (χ0n) is 11.9. The average molecular weight is 301 g/mol. The monoisotopic (exact) mass is 301 g/mol. The highest BCUT2D eigenvalue weighted by molar-refractivity contribution is 5.97. The van der Waals surface area contributed by atoms with Crippen LogP contribution < -0.4 is 20.7 Å². The summed E-state index contributed by atoms with van der Waals surface area (Å²) in [5.41, 5.74) is 0.907. The molecule has 0 aliphatic rings. The smallest absolute Gasteiger partial charge is 0.387 e. The van der Waals surface area contributed by atoms with Gasteiger partial charge in [-0.15, -0.1) is 0 Å². The molecule has 1 rings (SSSR count). The summed E-state index contributed by atoms with van der Waals surface area (Å²) in [4.78, 5) is 22.8. The van der Waals surface area contributed by atoms with Crippen LogP contribution in [0.15, 0.2) is 18.2 Å². The summed E-state index contributed by atoms with van der Waals surface area (Å²) in [6.45, 7) is 0.204. The van der Waals surface area contributed by atoms with Gasteiger partial charge < -0.3 is 15.4 Å². The van der Waals surface area contributed by atoms with Crippen LogP contribution >= 0.6 is 0 Å². The number of halogens is 2. The fraction of sp³-hybridized carbons (Fsp3) is 0.385. The third-order valence-corrected chi connectivity index (χ3v) is 2.73. The molecule has 21 heavy (non-hydrogen) atoms. The van der Waals surface area contributed by atoms with E-state index in [-0.39, 0.29) is 5.75 Å². The summed E-state index contributed by atoms with van der Waals surface area (Å²) in [5.74, 6) is -0.525. The molecule has 8 heteroatoms. The molecule has 0 saturated carbocycles. The number of nitrogens with one attached hydrogen (secondary N) is 3. The van der Waals surface area contributed by atoms with E-state index < -0.39 is 24.6 Å². The second-order valence-electron chi connectivity index (χ2n) is 4.24. The minimum Gasteiger partial charge on any atom is -0.434 e. The maximum Gasteiger partial charge on any atom is 0.387 e. The fourth-order valence-electron chi connectivity index (χ4n) is 1.58. The van der Waals surface area contributed by atoms with Crippen molar-refractivity contribution in [2.45, 2.75) is 26.5 Å².